The third-order valence-corrected chi connectivity index (χ3v) is 5.35. The maximum absolute atomic E-state index is 12.6. The monoisotopic (exact) mass is 369 g/mol. The van der Waals surface area contributed by atoms with E-state index in [9.17, 15) is 4.79 Å². The number of thiazole rings is 1. The lowest BCUT2D eigenvalue weighted by molar-refractivity contribution is 0.102. The SMILES string of the molecule is CCCc1nc(NC(=O)c2nnn(-c3ccc(C)cc3)c2C)sc1CC. The molecule has 0 unspecified atom stereocenters. The number of carbonyl (C=O) groups is 1. The van der Waals surface area contributed by atoms with Crippen molar-refractivity contribution >= 4 is 22.4 Å². The topological polar surface area (TPSA) is 72.7 Å². The molecular weight excluding hydrogens is 346 g/mol. The van der Waals surface area contributed by atoms with Gasteiger partial charge in [0.15, 0.2) is 10.8 Å². The Morgan fingerprint density at radius 3 is 2.58 bits per heavy atom. The molecule has 0 saturated heterocycles. The number of hydrogen-bond acceptors (Lipinski definition) is 5. The fourth-order valence-corrected chi connectivity index (χ4v) is 3.71. The molecular formula is C19H23N5OS. The molecule has 3 rings (SSSR count). The number of nitrogens with one attached hydrogen (secondary N) is 1. The largest absolute Gasteiger partial charge is 0.296 e. The zero-order valence-corrected chi connectivity index (χ0v) is 16.4. The molecule has 0 saturated carbocycles. The molecule has 6 nitrogen and oxygen atoms in total. The Kier molecular flexibility index (Phi) is 5.46. The van der Waals surface area contributed by atoms with E-state index in [4.69, 9.17) is 0 Å². The van der Waals surface area contributed by atoms with Gasteiger partial charge < -0.3 is 0 Å². The van der Waals surface area contributed by atoms with Crippen molar-refractivity contribution in [1.29, 1.82) is 0 Å². The average Bonchev–Trinajstić information content (AvgIpc) is 3.19. The molecule has 26 heavy (non-hydrogen) atoms. The zero-order valence-electron chi connectivity index (χ0n) is 15.5. The summed E-state index contributed by atoms with van der Waals surface area (Å²) in [5.74, 6) is -0.277. The smallest absolute Gasteiger partial charge is 0.279 e. The Bertz CT molecular complexity index is 911. The molecule has 0 aliphatic heterocycles. The van der Waals surface area contributed by atoms with Gasteiger partial charge in [-0.15, -0.1) is 16.4 Å². The van der Waals surface area contributed by atoms with Crippen molar-refractivity contribution in [2.24, 2.45) is 0 Å². The van der Waals surface area contributed by atoms with Gasteiger partial charge in [0.05, 0.1) is 17.1 Å². The van der Waals surface area contributed by atoms with E-state index in [2.05, 4.69) is 34.5 Å². The van der Waals surface area contributed by atoms with Crippen LogP contribution in [0, 0.1) is 13.8 Å². The summed E-state index contributed by atoms with van der Waals surface area (Å²) < 4.78 is 1.68. The van der Waals surface area contributed by atoms with Gasteiger partial charge in [0, 0.05) is 4.88 Å². The van der Waals surface area contributed by atoms with Crippen LogP contribution in [0.2, 0.25) is 0 Å². The Morgan fingerprint density at radius 1 is 1.19 bits per heavy atom. The standard InChI is InChI=1S/C19H23N5OS/c1-5-7-15-16(6-2)26-19(20-15)21-18(25)17-13(4)24(23-22-17)14-10-8-12(3)9-11-14/h8-11H,5-7H2,1-4H3,(H,20,21,25). The minimum atomic E-state index is -0.277. The molecule has 3 aromatic rings. The predicted molar refractivity (Wildman–Crippen MR) is 104 cm³/mol. The summed E-state index contributed by atoms with van der Waals surface area (Å²) in [6.45, 7) is 8.11. The van der Waals surface area contributed by atoms with Gasteiger partial charge in [-0.05, 0) is 38.8 Å². The zero-order chi connectivity index (χ0) is 18.7. The predicted octanol–water partition coefficient (Wildman–Crippen LogP) is 4.11. The van der Waals surface area contributed by atoms with Crippen LogP contribution in [0.25, 0.3) is 5.69 Å². The molecule has 0 aliphatic carbocycles. The van der Waals surface area contributed by atoms with E-state index in [1.807, 2.05) is 38.1 Å². The first-order chi connectivity index (χ1) is 12.5. The maximum atomic E-state index is 12.6. The van der Waals surface area contributed by atoms with Gasteiger partial charge in [-0.2, -0.15) is 0 Å². The molecule has 136 valence electrons. The van der Waals surface area contributed by atoms with Crippen LogP contribution in [-0.4, -0.2) is 25.9 Å². The molecule has 2 heterocycles. The number of nitrogens with zero attached hydrogens (tertiary/aromatic N) is 4. The van der Waals surface area contributed by atoms with Crippen molar-refractivity contribution in [2.45, 2.75) is 47.0 Å². The van der Waals surface area contributed by atoms with Crippen molar-refractivity contribution < 1.29 is 4.79 Å². The molecule has 0 radical (unpaired) electrons. The molecule has 0 bridgehead atoms. The highest BCUT2D eigenvalue weighted by atomic mass is 32.1. The van der Waals surface area contributed by atoms with Crippen LogP contribution in [0.15, 0.2) is 24.3 Å². The minimum Gasteiger partial charge on any atom is -0.296 e. The summed E-state index contributed by atoms with van der Waals surface area (Å²) >= 11 is 1.54. The number of hydrogen-bond donors (Lipinski definition) is 1. The fourth-order valence-electron chi connectivity index (χ4n) is 2.77. The molecule has 1 aromatic carbocycles. The lowest BCUT2D eigenvalue weighted by atomic mass is 10.2. The summed E-state index contributed by atoms with van der Waals surface area (Å²) in [6, 6.07) is 7.94. The van der Waals surface area contributed by atoms with E-state index in [1.165, 1.54) is 21.8 Å². The van der Waals surface area contributed by atoms with E-state index < -0.39 is 0 Å². The first-order valence-electron chi connectivity index (χ1n) is 8.82. The van der Waals surface area contributed by atoms with Crippen LogP contribution in [0.1, 0.15) is 52.6 Å². The third-order valence-electron chi connectivity index (χ3n) is 4.19. The van der Waals surface area contributed by atoms with Crippen LogP contribution in [0.5, 0.6) is 0 Å². The number of aryl methyl sites for hydroxylation is 3. The second-order valence-electron chi connectivity index (χ2n) is 6.22. The highest BCUT2D eigenvalue weighted by Crippen LogP contribution is 2.25. The second-order valence-corrected chi connectivity index (χ2v) is 7.30. The number of anilines is 1. The lowest BCUT2D eigenvalue weighted by Crippen LogP contribution is -2.14. The molecule has 0 fully saturated rings. The Balaban J connectivity index is 1.82. The van der Waals surface area contributed by atoms with Crippen molar-refractivity contribution in [3.8, 4) is 5.69 Å². The van der Waals surface area contributed by atoms with Crippen molar-refractivity contribution in [3.05, 3.63) is 51.8 Å². The van der Waals surface area contributed by atoms with E-state index in [0.29, 0.717) is 16.5 Å². The van der Waals surface area contributed by atoms with Gasteiger partial charge in [0.2, 0.25) is 0 Å². The number of carbonyl (C=O) groups excluding carboxylic acids is 1. The quantitative estimate of drug-likeness (QED) is 0.710. The summed E-state index contributed by atoms with van der Waals surface area (Å²) in [5.41, 5.74) is 4.15. The van der Waals surface area contributed by atoms with Crippen LogP contribution in [0.4, 0.5) is 5.13 Å². The third kappa shape index (κ3) is 3.67. The number of amides is 1. The summed E-state index contributed by atoms with van der Waals surface area (Å²) in [7, 11) is 0. The first kappa shape index (κ1) is 18.3. The maximum Gasteiger partial charge on any atom is 0.279 e. The molecule has 0 aliphatic rings. The van der Waals surface area contributed by atoms with Gasteiger partial charge in [-0.3, -0.25) is 10.1 Å². The Labute approximate surface area is 157 Å². The fraction of sp³-hybridized carbons (Fsp3) is 0.368. The van der Waals surface area contributed by atoms with Gasteiger partial charge in [-0.1, -0.05) is 43.2 Å². The highest BCUT2D eigenvalue weighted by Gasteiger charge is 2.19. The van der Waals surface area contributed by atoms with E-state index >= 15 is 0 Å². The molecule has 7 heteroatoms. The first-order valence-corrected chi connectivity index (χ1v) is 9.64. The van der Waals surface area contributed by atoms with Crippen molar-refractivity contribution in [3.63, 3.8) is 0 Å². The number of benzene rings is 1. The summed E-state index contributed by atoms with van der Waals surface area (Å²) in [5, 5.41) is 11.7. The highest BCUT2D eigenvalue weighted by molar-refractivity contribution is 7.15. The lowest BCUT2D eigenvalue weighted by Gasteiger charge is -2.04. The van der Waals surface area contributed by atoms with Crippen LogP contribution < -0.4 is 5.32 Å². The molecule has 0 spiro atoms. The van der Waals surface area contributed by atoms with Crippen LogP contribution in [0.3, 0.4) is 0 Å². The van der Waals surface area contributed by atoms with Crippen LogP contribution >= 0.6 is 11.3 Å². The summed E-state index contributed by atoms with van der Waals surface area (Å²) in [4.78, 5) is 18.4. The molecule has 1 amide bonds. The molecule has 2 aromatic heterocycles. The van der Waals surface area contributed by atoms with E-state index in [-0.39, 0.29) is 5.91 Å². The molecule has 1 N–H and O–H groups in total. The second kappa shape index (κ2) is 7.78. The van der Waals surface area contributed by atoms with Gasteiger partial charge in [0.25, 0.3) is 5.91 Å². The van der Waals surface area contributed by atoms with E-state index in [0.717, 1.165) is 30.6 Å². The normalized spacial score (nSPS) is 10.9. The summed E-state index contributed by atoms with van der Waals surface area (Å²) in [6.07, 6.45) is 2.89. The van der Waals surface area contributed by atoms with E-state index in [1.54, 1.807) is 4.68 Å². The van der Waals surface area contributed by atoms with Gasteiger partial charge >= 0.3 is 0 Å². The van der Waals surface area contributed by atoms with Gasteiger partial charge in [0.1, 0.15) is 0 Å². The number of rotatable bonds is 6. The van der Waals surface area contributed by atoms with Crippen molar-refractivity contribution in [1.82, 2.24) is 20.0 Å². The minimum absolute atomic E-state index is 0.277. The van der Waals surface area contributed by atoms with Crippen LogP contribution in [-0.2, 0) is 12.8 Å². The van der Waals surface area contributed by atoms with Gasteiger partial charge in [-0.25, -0.2) is 9.67 Å². The number of aromatic nitrogens is 4. The van der Waals surface area contributed by atoms with Crippen molar-refractivity contribution in [2.75, 3.05) is 5.32 Å². The Hall–Kier alpha value is -2.54. The Morgan fingerprint density at radius 2 is 1.92 bits per heavy atom. The molecule has 0 atom stereocenters. The average molecular weight is 369 g/mol.